The lowest BCUT2D eigenvalue weighted by atomic mass is 10.1. The van der Waals surface area contributed by atoms with Crippen LogP contribution in [0.2, 0.25) is 0 Å². The molecule has 0 bridgehead atoms. The van der Waals surface area contributed by atoms with Crippen molar-refractivity contribution >= 4 is 5.96 Å². The van der Waals surface area contributed by atoms with Crippen molar-refractivity contribution in [3.63, 3.8) is 0 Å². The number of aliphatic imine (C=N–C) groups is 1. The van der Waals surface area contributed by atoms with Gasteiger partial charge in [0.25, 0.3) is 0 Å². The van der Waals surface area contributed by atoms with Crippen LogP contribution in [0.3, 0.4) is 0 Å². The van der Waals surface area contributed by atoms with Gasteiger partial charge in [-0.1, -0.05) is 25.1 Å². The molecule has 5 heteroatoms. The van der Waals surface area contributed by atoms with Crippen molar-refractivity contribution in [2.75, 3.05) is 20.2 Å². The Bertz CT molecular complexity index is 638. The number of hydrogen-bond acceptors (Lipinski definition) is 3. The van der Waals surface area contributed by atoms with Gasteiger partial charge in [-0.15, -0.1) is 0 Å². The van der Waals surface area contributed by atoms with Crippen molar-refractivity contribution in [2.24, 2.45) is 4.99 Å². The number of hydrogen-bond donors (Lipinski definition) is 2. The minimum absolute atomic E-state index is 0.376. The zero-order valence-electron chi connectivity index (χ0n) is 15.4. The standard InChI is InChI=1S/C20H29N3O2/c1-4-16(2)23-20(22-14-12-18-9-7-15-25-18)21-13-11-17-8-5-6-10-19(17)24-3/h5-10,15-16H,4,11-14H2,1-3H3,(H2,21,22,23). The van der Waals surface area contributed by atoms with Crippen LogP contribution in [0.25, 0.3) is 0 Å². The van der Waals surface area contributed by atoms with Crippen LogP contribution in [-0.4, -0.2) is 32.2 Å². The molecule has 2 rings (SSSR count). The summed E-state index contributed by atoms with van der Waals surface area (Å²) in [6, 6.07) is 12.4. The molecule has 2 aromatic rings. The first kappa shape index (κ1) is 18.9. The molecule has 1 atom stereocenters. The van der Waals surface area contributed by atoms with Crippen LogP contribution in [0, 0.1) is 0 Å². The number of furan rings is 1. The van der Waals surface area contributed by atoms with Gasteiger partial charge in [0.15, 0.2) is 5.96 Å². The number of nitrogens with one attached hydrogen (secondary N) is 2. The van der Waals surface area contributed by atoms with Gasteiger partial charge in [-0.05, 0) is 43.5 Å². The quantitative estimate of drug-likeness (QED) is 0.541. The van der Waals surface area contributed by atoms with E-state index in [-0.39, 0.29) is 0 Å². The summed E-state index contributed by atoms with van der Waals surface area (Å²) in [7, 11) is 1.71. The summed E-state index contributed by atoms with van der Waals surface area (Å²) in [5, 5.41) is 6.86. The number of nitrogens with zero attached hydrogens (tertiary/aromatic N) is 1. The normalized spacial score (nSPS) is 12.7. The first-order chi connectivity index (χ1) is 12.2. The lowest BCUT2D eigenvalue weighted by Gasteiger charge is -2.17. The van der Waals surface area contributed by atoms with E-state index in [0.717, 1.165) is 43.3 Å². The number of benzene rings is 1. The van der Waals surface area contributed by atoms with E-state index < -0.39 is 0 Å². The van der Waals surface area contributed by atoms with Crippen molar-refractivity contribution in [1.82, 2.24) is 10.6 Å². The third-order valence-electron chi connectivity index (χ3n) is 4.08. The maximum absolute atomic E-state index is 5.41. The second kappa shape index (κ2) is 10.4. The van der Waals surface area contributed by atoms with Gasteiger partial charge < -0.3 is 19.8 Å². The minimum Gasteiger partial charge on any atom is -0.496 e. The van der Waals surface area contributed by atoms with Crippen molar-refractivity contribution in [3.8, 4) is 5.75 Å². The van der Waals surface area contributed by atoms with Gasteiger partial charge in [-0.2, -0.15) is 0 Å². The third-order valence-corrected chi connectivity index (χ3v) is 4.08. The first-order valence-corrected chi connectivity index (χ1v) is 8.92. The van der Waals surface area contributed by atoms with Crippen LogP contribution in [0.15, 0.2) is 52.1 Å². The molecule has 1 unspecified atom stereocenters. The van der Waals surface area contributed by atoms with E-state index in [4.69, 9.17) is 9.15 Å². The Morgan fingerprint density at radius 1 is 1.20 bits per heavy atom. The molecule has 136 valence electrons. The SMILES string of the molecule is CCC(C)NC(=NCCc1ccco1)NCCc1ccccc1OC. The average molecular weight is 343 g/mol. The van der Waals surface area contributed by atoms with Gasteiger partial charge in [-0.3, -0.25) is 4.99 Å². The second-order valence-electron chi connectivity index (χ2n) is 6.00. The van der Waals surface area contributed by atoms with Gasteiger partial charge in [0.2, 0.25) is 0 Å². The molecule has 1 aromatic heterocycles. The summed E-state index contributed by atoms with van der Waals surface area (Å²) < 4.78 is 10.8. The molecule has 2 N–H and O–H groups in total. The highest BCUT2D eigenvalue weighted by atomic mass is 16.5. The van der Waals surface area contributed by atoms with Crippen LogP contribution in [0.5, 0.6) is 5.75 Å². The summed E-state index contributed by atoms with van der Waals surface area (Å²) in [6.45, 7) is 5.80. The fourth-order valence-corrected chi connectivity index (χ4v) is 2.45. The van der Waals surface area contributed by atoms with E-state index in [1.807, 2.05) is 30.3 Å². The van der Waals surface area contributed by atoms with E-state index in [2.05, 4.69) is 35.5 Å². The zero-order valence-corrected chi connectivity index (χ0v) is 15.4. The maximum atomic E-state index is 5.41. The Balaban J connectivity index is 1.88. The van der Waals surface area contributed by atoms with Gasteiger partial charge in [0.05, 0.1) is 13.4 Å². The summed E-state index contributed by atoms with van der Waals surface area (Å²) in [6.07, 6.45) is 4.42. The molecule has 0 radical (unpaired) electrons. The lowest BCUT2D eigenvalue weighted by Crippen LogP contribution is -2.43. The highest BCUT2D eigenvalue weighted by Crippen LogP contribution is 2.17. The number of guanidine groups is 1. The Labute approximate surface area is 150 Å². The number of para-hydroxylation sites is 1. The molecule has 0 aliphatic carbocycles. The average Bonchev–Trinajstić information content (AvgIpc) is 3.15. The summed E-state index contributed by atoms with van der Waals surface area (Å²) in [5.74, 6) is 2.73. The number of methoxy groups -OCH3 is 1. The van der Waals surface area contributed by atoms with Crippen LogP contribution >= 0.6 is 0 Å². The third kappa shape index (κ3) is 6.53. The molecule has 25 heavy (non-hydrogen) atoms. The van der Waals surface area contributed by atoms with Crippen molar-refractivity contribution in [1.29, 1.82) is 0 Å². The largest absolute Gasteiger partial charge is 0.496 e. The molecule has 1 heterocycles. The van der Waals surface area contributed by atoms with Gasteiger partial charge in [0, 0.05) is 25.6 Å². The molecule has 0 saturated heterocycles. The van der Waals surface area contributed by atoms with Crippen LogP contribution in [0.1, 0.15) is 31.6 Å². The molecular formula is C20H29N3O2. The Morgan fingerprint density at radius 3 is 2.76 bits per heavy atom. The fraction of sp³-hybridized carbons (Fsp3) is 0.450. The van der Waals surface area contributed by atoms with E-state index in [1.165, 1.54) is 5.56 Å². The fourth-order valence-electron chi connectivity index (χ4n) is 2.45. The molecule has 5 nitrogen and oxygen atoms in total. The number of rotatable bonds is 9. The highest BCUT2D eigenvalue weighted by molar-refractivity contribution is 5.80. The van der Waals surface area contributed by atoms with E-state index in [0.29, 0.717) is 12.6 Å². The maximum Gasteiger partial charge on any atom is 0.191 e. The van der Waals surface area contributed by atoms with E-state index in [1.54, 1.807) is 13.4 Å². The predicted molar refractivity (Wildman–Crippen MR) is 102 cm³/mol. The van der Waals surface area contributed by atoms with Crippen LogP contribution < -0.4 is 15.4 Å². The predicted octanol–water partition coefficient (Wildman–Crippen LogP) is 3.41. The summed E-state index contributed by atoms with van der Waals surface area (Å²) in [4.78, 5) is 4.66. The Morgan fingerprint density at radius 2 is 2.04 bits per heavy atom. The minimum atomic E-state index is 0.376. The Hall–Kier alpha value is -2.43. The monoisotopic (exact) mass is 343 g/mol. The molecule has 0 aliphatic heterocycles. The van der Waals surface area contributed by atoms with E-state index in [9.17, 15) is 0 Å². The molecule has 0 amide bonds. The van der Waals surface area contributed by atoms with Crippen molar-refractivity contribution < 1.29 is 9.15 Å². The zero-order chi connectivity index (χ0) is 17.9. The van der Waals surface area contributed by atoms with Crippen molar-refractivity contribution in [2.45, 2.75) is 39.2 Å². The molecule has 0 fully saturated rings. The summed E-state index contributed by atoms with van der Waals surface area (Å²) in [5.41, 5.74) is 1.19. The molecule has 0 aliphatic rings. The molecule has 1 aromatic carbocycles. The number of ether oxygens (including phenoxy) is 1. The van der Waals surface area contributed by atoms with Gasteiger partial charge in [0.1, 0.15) is 11.5 Å². The molecular weight excluding hydrogens is 314 g/mol. The summed E-state index contributed by atoms with van der Waals surface area (Å²) >= 11 is 0. The second-order valence-corrected chi connectivity index (χ2v) is 6.00. The van der Waals surface area contributed by atoms with E-state index >= 15 is 0 Å². The van der Waals surface area contributed by atoms with Crippen molar-refractivity contribution in [3.05, 3.63) is 54.0 Å². The van der Waals surface area contributed by atoms with Crippen LogP contribution in [-0.2, 0) is 12.8 Å². The van der Waals surface area contributed by atoms with Gasteiger partial charge in [-0.25, -0.2) is 0 Å². The molecule has 0 spiro atoms. The smallest absolute Gasteiger partial charge is 0.191 e. The Kier molecular flexibility index (Phi) is 7.89. The van der Waals surface area contributed by atoms with Gasteiger partial charge >= 0.3 is 0 Å². The molecule has 0 saturated carbocycles. The first-order valence-electron chi connectivity index (χ1n) is 8.92. The highest BCUT2D eigenvalue weighted by Gasteiger charge is 2.05. The van der Waals surface area contributed by atoms with Crippen LogP contribution in [0.4, 0.5) is 0 Å². The topological polar surface area (TPSA) is 58.8 Å². The lowest BCUT2D eigenvalue weighted by molar-refractivity contribution is 0.409.